The molecular formula is C18H23FIN5O. The molecule has 8 heteroatoms. The van der Waals surface area contributed by atoms with Crippen molar-refractivity contribution in [3.05, 3.63) is 54.0 Å². The van der Waals surface area contributed by atoms with Gasteiger partial charge in [-0.25, -0.2) is 14.4 Å². The van der Waals surface area contributed by atoms with Crippen molar-refractivity contribution < 1.29 is 9.13 Å². The quantitative estimate of drug-likeness (QED) is 0.422. The highest BCUT2D eigenvalue weighted by molar-refractivity contribution is 14.0. The highest BCUT2D eigenvalue weighted by Gasteiger charge is 2.18. The van der Waals surface area contributed by atoms with Gasteiger partial charge in [-0.3, -0.25) is 0 Å². The molecule has 2 N–H and O–H groups in total. The van der Waals surface area contributed by atoms with Crippen molar-refractivity contribution in [1.82, 2.24) is 9.88 Å². The van der Waals surface area contributed by atoms with Crippen molar-refractivity contribution in [2.75, 3.05) is 38.2 Å². The number of rotatable bonds is 4. The molecule has 140 valence electrons. The van der Waals surface area contributed by atoms with E-state index in [0.717, 1.165) is 37.4 Å². The molecule has 0 amide bonds. The Labute approximate surface area is 169 Å². The number of piperazine rings is 1. The zero-order valence-corrected chi connectivity index (χ0v) is 17.0. The molecule has 6 nitrogen and oxygen atoms in total. The summed E-state index contributed by atoms with van der Waals surface area (Å²) in [6, 6.07) is 10.3. The Kier molecular flexibility index (Phi) is 7.43. The molecule has 0 aliphatic carbocycles. The molecule has 1 aliphatic rings. The van der Waals surface area contributed by atoms with Gasteiger partial charge >= 0.3 is 0 Å². The fraction of sp³-hybridized carbons (Fsp3) is 0.333. The lowest BCUT2D eigenvalue weighted by atomic mass is 10.2. The summed E-state index contributed by atoms with van der Waals surface area (Å²) in [5, 5.41) is 0. The van der Waals surface area contributed by atoms with Gasteiger partial charge in [-0.15, -0.1) is 24.0 Å². The van der Waals surface area contributed by atoms with E-state index in [4.69, 9.17) is 10.5 Å². The van der Waals surface area contributed by atoms with Crippen molar-refractivity contribution >= 4 is 35.6 Å². The number of ether oxygens (including phenoxy) is 1. The van der Waals surface area contributed by atoms with Crippen LogP contribution >= 0.6 is 24.0 Å². The lowest BCUT2D eigenvalue weighted by molar-refractivity contribution is 0.380. The average Bonchev–Trinajstić information content (AvgIpc) is 2.67. The van der Waals surface area contributed by atoms with Crippen LogP contribution in [0.1, 0.15) is 5.56 Å². The number of pyridine rings is 1. The topological polar surface area (TPSA) is 67.0 Å². The predicted molar refractivity (Wildman–Crippen MR) is 112 cm³/mol. The molecule has 0 atom stereocenters. The summed E-state index contributed by atoms with van der Waals surface area (Å²) in [5.41, 5.74) is 8.16. The first-order valence-electron chi connectivity index (χ1n) is 8.20. The zero-order chi connectivity index (χ0) is 17.6. The van der Waals surface area contributed by atoms with Crippen molar-refractivity contribution in [2.24, 2.45) is 10.7 Å². The van der Waals surface area contributed by atoms with Crippen LogP contribution in [0.2, 0.25) is 0 Å². The third-order valence-electron chi connectivity index (χ3n) is 4.23. The second-order valence-corrected chi connectivity index (χ2v) is 5.83. The number of nitrogens with zero attached hydrogens (tertiary/aromatic N) is 4. The zero-order valence-electron chi connectivity index (χ0n) is 14.6. The van der Waals surface area contributed by atoms with E-state index in [2.05, 4.69) is 19.8 Å². The van der Waals surface area contributed by atoms with Gasteiger partial charge in [0.25, 0.3) is 0 Å². The third kappa shape index (κ3) is 5.20. The maximum Gasteiger partial charge on any atom is 0.213 e. The van der Waals surface area contributed by atoms with Crippen LogP contribution in [0.15, 0.2) is 47.6 Å². The molecular weight excluding hydrogens is 448 g/mol. The van der Waals surface area contributed by atoms with Crippen molar-refractivity contribution in [3.63, 3.8) is 0 Å². The maximum absolute atomic E-state index is 13.0. The Hall–Kier alpha value is -2.10. The van der Waals surface area contributed by atoms with E-state index < -0.39 is 0 Å². The van der Waals surface area contributed by atoms with E-state index >= 15 is 0 Å². The number of hydrogen-bond acceptors (Lipinski definition) is 4. The first kappa shape index (κ1) is 20.2. The van der Waals surface area contributed by atoms with Crippen molar-refractivity contribution in [2.45, 2.75) is 6.54 Å². The van der Waals surface area contributed by atoms with Gasteiger partial charge in [-0.05, 0) is 35.9 Å². The van der Waals surface area contributed by atoms with Crippen LogP contribution in [0.4, 0.5) is 10.1 Å². The molecule has 0 bridgehead atoms. The minimum atomic E-state index is -0.216. The summed E-state index contributed by atoms with van der Waals surface area (Å²) >= 11 is 0. The Balaban J connectivity index is 0.00000243. The summed E-state index contributed by atoms with van der Waals surface area (Å²) in [4.78, 5) is 12.8. The third-order valence-corrected chi connectivity index (χ3v) is 4.23. The maximum atomic E-state index is 13.0. The number of anilines is 1. The fourth-order valence-electron chi connectivity index (χ4n) is 2.78. The van der Waals surface area contributed by atoms with Crippen LogP contribution in [0, 0.1) is 5.82 Å². The van der Waals surface area contributed by atoms with Crippen LogP contribution in [-0.4, -0.2) is 49.1 Å². The molecule has 0 saturated carbocycles. The molecule has 1 fully saturated rings. The molecule has 1 saturated heterocycles. The summed E-state index contributed by atoms with van der Waals surface area (Å²) in [7, 11) is 1.59. The molecule has 0 spiro atoms. The number of hydrogen-bond donors (Lipinski definition) is 1. The van der Waals surface area contributed by atoms with E-state index in [0.29, 0.717) is 18.4 Å². The standard InChI is InChI=1S/C18H22FN5O.HI/c1-25-17-12-14(6-7-21-17)13-22-18(20)24-10-8-23(9-11-24)16-4-2-15(19)3-5-16;/h2-7,12H,8-11,13H2,1H3,(H2,20,22);1H. The summed E-state index contributed by atoms with van der Waals surface area (Å²) in [6.07, 6.45) is 1.70. The van der Waals surface area contributed by atoms with Gasteiger partial charge in [0.05, 0.1) is 13.7 Å². The van der Waals surface area contributed by atoms with Gasteiger partial charge < -0.3 is 20.3 Å². The average molecular weight is 471 g/mol. The molecule has 26 heavy (non-hydrogen) atoms. The van der Waals surface area contributed by atoms with Gasteiger partial charge in [0.2, 0.25) is 5.88 Å². The first-order valence-corrected chi connectivity index (χ1v) is 8.20. The van der Waals surface area contributed by atoms with E-state index in [-0.39, 0.29) is 29.8 Å². The Bertz CT molecular complexity index is 733. The summed E-state index contributed by atoms with van der Waals surface area (Å²) in [5.74, 6) is 0.889. The molecule has 0 radical (unpaired) electrons. The smallest absolute Gasteiger partial charge is 0.213 e. The van der Waals surface area contributed by atoms with E-state index in [1.807, 2.05) is 12.1 Å². The van der Waals surface area contributed by atoms with E-state index in [9.17, 15) is 4.39 Å². The first-order chi connectivity index (χ1) is 12.2. The minimum Gasteiger partial charge on any atom is -0.481 e. The lowest BCUT2D eigenvalue weighted by Crippen LogP contribution is -2.51. The summed E-state index contributed by atoms with van der Waals surface area (Å²) < 4.78 is 18.1. The van der Waals surface area contributed by atoms with Crippen LogP contribution in [0.25, 0.3) is 0 Å². The molecule has 2 heterocycles. The minimum absolute atomic E-state index is 0. The molecule has 1 aliphatic heterocycles. The van der Waals surface area contributed by atoms with Crippen molar-refractivity contribution in [3.8, 4) is 5.88 Å². The lowest BCUT2D eigenvalue weighted by Gasteiger charge is -2.36. The highest BCUT2D eigenvalue weighted by Crippen LogP contribution is 2.17. The molecule has 0 unspecified atom stereocenters. The fourth-order valence-corrected chi connectivity index (χ4v) is 2.78. The van der Waals surface area contributed by atoms with E-state index in [1.54, 1.807) is 25.4 Å². The van der Waals surface area contributed by atoms with Crippen molar-refractivity contribution in [1.29, 1.82) is 0 Å². The van der Waals surface area contributed by atoms with Gasteiger partial charge in [-0.2, -0.15) is 0 Å². The number of halogens is 2. The molecule has 2 aromatic rings. The van der Waals surface area contributed by atoms with Gasteiger partial charge in [-0.1, -0.05) is 0 Å². The summed E-state index contributed by atoms with van der Waals surface area (Å²) in [6.45, 7) is 3.71. The normalized spacial score (nSPS) is 14.8. The van der Waals surface area contributed by atoms with Gasteiger partial charge in [0.15, 0.2) is 5.96 Å². The van der Waals surface area contributed by atoms with Gasteiger partial charge in [0.1, 0.15) is 5.82 Å². The number of guanidine groups is 1. The second-order valence-electron chi connectivity index (χ2n) is 5.83. The van der Waals surface area contributed by atoms with Gasteiger partial charge in [0, 0.05) is 44.1 Å². The Morgan fingerprint density at radius 3 is 2.54 bits per heavy atom. The number of nitrogens with two attached hydrogens (primary N) is 1. The number of aromatic nitrogens is 1. The number of aliphatic imine (C=N–C) groups is 1. The molecule has 1 aromatic heterocycles. The Morgan fingerprint density at radius 2 is 1.88 bits per heavy atom. The molecule has 3 rings (SSSR count). The predicted octanol–water partition coefficient (Wildman–Crippen LogP) is 2.48. The number of benzene rings is 1. The SMILES string of the molecule is COc1cc(CN=C(N)N2CCN(c3ccc(F)cc3)CC2)ccn1.I. The van der Waals surface area contributed by atoms with Crippen LogP contribution in [0.5, 0.6) is 5.88 Å². The van der Waals surface area contributed by atoms with Crippen LogP contribution in [-0.2, 0) is 6.54 Å². The number of methoxy groups -OCH3 is 1. The van der Waals surface area contributed by atoms with E-state index in [1.165, 1.54) is 12.1 Å². The molecule has 1 aromatic carbocycles. The largest absolute Gasteiger partial charge is 0.481 e. The second kappa shape index (κ2) is 9.56. The monoisotopic (exact) mass is 471 g/mol. The van der Waals surface area contributed by atoms with Crippen LogP contribution in [0.3, 0.4) is 0 Å². The van der Waals surface area contributed by atoms with Crippen LogP contribution < -0.4 is 15.4 Å². The highest BCUT2D eigenvalue weighted by atomic mass is 127. The Morgan fingerprint density at radius 1 is 1.19 bits per heavy atom.